The summed E-state index contributed by atoms with van der Waals surface area (Å²) in [6.07, 6.45) is 3.78. The lowest BCUT2D eigenvalue weighted by molar-refractivity contribution is 0.476. The van der Waals surface area contributed by atoms with Gasteiger partial charge in [-0.2, -0.15) is 0 Å². The van der Waals surface area contributed by atoms with Crippen LogP contribution in [0, 0.1) is 0 Å². The van der Waals surface area contributed by atoms with E-state index in [9.17, 15) is 5.11 Å². The number of hydrogen-bond donors (Lipinski definition) is 2. The highest BCUT2D eigenvalue weighted by molar-refractivity contribution is 5.84. The Morgan fingerprint density at radius 1 is 1.47 bits per heavy atom. The van der Waals surface area contributed by atoms with E-state index in [1.165, 1.54) is 0 Å². The molecular formula is C11H13N3O. The molecule has 2 rings (SSSR count). The minimum Gasteiger partial charge on any atom is -0.506 e. The fourth-order valence-electron chi connectivity index (χ4n) is 1.37. The molecule has 4 nitrogen and oxygen atoms in total. The average Bonchev–Trinajstić information content (AvgIpc) is 2.74. The highest BCUT2D eigenvalue weighted by Gasteiger charge is 2.07. The van der Waals surface area contributed by atoms with Crippen LogP contribution in [0.4, 0.5) is 5.69 Å². The molecule has 0 aromatic heterocycles. The molecule has 0 amide bonds. The first-order valence-corrected chi connectivity index (χ1v) is 4.77. The van der Waals surface area contributed by atoms with Crippen molar-refractivity contribution in [2.75, 3.05) is 6.67 Å². The highest BCUT2D eigenvalue weighted by Crippen LogP contribution is 2.25. The fourth-order valence-corrected chi connectivity index (χ4v) is 1.37. The summed E-state index contributed by atoms with van der Waals surface area (Å²) in [5.41, 5.74) is 0.593. The molecule has 1 heterocycles. The molecule has 1 aromatic rings. The van der Waals surface area contributed by atoms with Gasteiger partial charge in [-0.15, -0.1) is 0 Å². The summed E-state index contributed by atoms with van der Waals surface area (Å²) in [7, 11) is 0. The summed E-state index contributed by atoms with van der Waals surface area (Å²) >= 11 is 0. The molecule has 78 valence electrons. The van der Waals surface area contributed by atoms with E-state index < -0.39 is 0 Å². The normalized spacial score (nSPS) is 15.5. The maximum Gasteiger partial charge on any atom is 0.141 e. The SMILES string of the molecule is C/C(=N\c1ccccc1O)N1C=CNC1. The predicted molar refractivity (Wildman–Crippen MR) is 59.9 cm³/mol. The molecule has 0 atom stereocenters. The van der Waals surface area contributed by atoms with Crippen molar-refractivity contribution in [2.24, 2.45) is 4.99 Å². The van der Waals surface area contributed by atoms with Gasteiger partial charge < -0.3 is 15.3 Å². The van der Waals surface area contributed by atoms with Crippen molar-refractivity contribution < 1.29 is 5.11 Å². The number of phenols is 1. The van der Waals surface area contributed by atoms with Gasteiger partial charge in [-0.3, -0.25) is 0 Å². The number of hydrogen-bond acceptors (Lipinski definition) is 3. The molecular weight excluding hydrogens is 190 g/mol. The number of amidine groups is 1. The number of nitrogens with one attached hydrogen (secondary N) is 1. The van der Waals surface area contributed by atoms with E-state index in [-0.39, 0.29) is 5.75 Å². The number of rotatable bonds is 1. The van der Waals surface area contributed by atoms with Crippen molar-refractivity contribution in [3.8, 4) is 5.75 Å². The maximum absolute atomic E-state index is 9.54. The Labute approximate surface area is 88.6 Å². The molecule has 0 spiro atoms. The zero-order valence-corrected chi connectivity index (χ0v) is 8.51. The number of aliphatic imine (C=N–C) groups is 1. The Balaban J connectivity index is 2.22. The summed E-state index contributed by atoms with van der Waals surface area (Å²) in [4.78, 5) is 6.31. The Kier molecular flexibility index (Phi) is 2.58. The highest BCUT2D eigenvalue weighted by atomic mass is 16.3. The average molecular weight is 203 g/mol. The number of nitrogens with zero attached hydrogens (tertiary/aromatic N) is 2. The predicted octanol–water partition coefficient (Wildman–Crippen LogP) is 1.78. The van der Waals surface area contributed by atoms with E-state index in [1.807, 2.05) is 30.3 Å². The first-order valence-electron chi connectivity index (χ1n) is 4.77. The quantitative estimate of drug-likeness (QED) is 0.540. The second-order valence-electron chi connectivity index (χ2n) is 3.30. The molecule has 15 heavy (non-hydrogen) atoms. The van der Waals surface area contributed by atoms with Gasteiger partial charge in [0, 0.05) is 12.4 Å². The molecule has 4 heteroatoms. The first-order chi connectivity index (χ1) is 7.27. The smallest absolute Gasteiger partial charge is 0.141 e. The number of aromatic hydroxyl groups is 1. The Morgan fingerprint density at radius 2 is 2.27 bits per heavy atom. The van der Waals surface area contributed by atoms with Crippen molar-refractivity contribution in [2.45, 2.75) is 6.92 Å². The molecule has 2 N–H and O–H groups in total. The summed E-state index contributed by atoms with van der Waals surface area (Å²) in [5.74, 6) is 1.05. The van der Waals surface area contributed by atoms with Crippen molar-refractivity contribution in [3.05, 3.63) is 36.7 Å². The monoisotopic (exact) mass is 203 g/mol. The first kappa shape index (κ1) is 9.58. The van der Waals surface area contributed by atoms with Crippen LogP contribution in [-0.4, -0.2) is 22.5 Å². The van der Waals surface area contributed by atoms with Gasteiger partial charge in [0.25, 0.3) is 0 Å². The third-order valence-corrected chi connectivity index (χ3v) is 2.21. The standard InChI is InChI=1S/C11H13N3O/c1-9(14-7-6-12-8-14)13-10-4-2-3-5-11(10)15/h2-7,12,15H,8H2,1H3/b13-9+. The zero-order valence-electron chi connectivity index (χ0n) is 8.51. The van der Waals surface area contributed by atoms with Gasteiger partial charge in [-0.1, -0.05) is 12.1 Å². The van der Waals surface area contributed by atoms with Crippen LogP contribution in [-0.2, 0) is 0 Å². The largest absolute Gasteiger partial charge is 0.506 e. The number of para-hydroxylation sites is 2. The molecule has 1 aliphatic rings. The molecule has 1 aliphatic heterocycles. The summed E-state index contributed by atoms with van der Waals surface area (Å²) < 4.78 is 0. The summed E-state index contributed by atoms with van der Waals surface area (Å²) in [6, 6.07) is 7.04. The Hall–Kier alpha value is -1.97. The minimum atomic E-state index is 0.202. The summed E-state index contributed by atoms with van der Waals surface area (Å²) in [6.45, 7) is 2.63. The van der Waals surface area contributed by atoms with Crippen LogP contribution in [0.2, 0.25) is 0 Å². The van der Waals surface area contributed by atoms with Crippen LogP contribution in [0.3, 0.4) is 0 Å². The molecule has 0 aliphatic carbocycles. The van der Waals surface area contributed by atoms with Crippen LogP contribution in [0.25, 0.3) is 0 Å². The lowest BCUT2D eigenvalue weighted by atomic mass is 10.3. The van der Waals surface area contributed by atoms with E-state index in [2.05, 4.69) is 10.3 Å². The molecule has 0 radical (unpaired) electrons. The number of benzene rings is 1. The van der Waals surface area contributed by atoms with Crippen molar-refractivity contribution >= 4 is 11.5 Å². The lowest BCUT2D eigenvalue weighted by Gasteiger charge is -2.13. The van der Waals surface area contributed by atoms with E-state index in [0.29, 0.717) is 5.69 Å². The lowest BCUT2D eigenvalue weighted by Crippen LogP contribution is -2.25. The minimum absolute atomic E-state index is 0.202. The van der Waals surface area contributed by atoms with Gasteiger partial charge in [-0.05, 0) is 19.1 Å². The van der Waals surface area contributed by atoms with Crippen LogP contribution in [0.1, 0.15) is 6.92 Å². The molecule has 0 saturated heterocycles. The molecule has 0 saturated carbocycles. The van der Waals surface area contributed by atoms with Crippen molar-refractivity contribution in [3.63, 3.8) is 0 Å². The molecule has 0 bridgehead atoms. The van der Waals surface area contributed by atoms with Gasteiger partial charge >= 0.3 is 0 Å². The Morgan fingerprint density at radius 3 is 2.93 bits per heavy atom. The van der Waals surface area contributed by atoms with E-state index >= 15 is 0 Å². The molecule has 0 fully saturated rings. The van der Waals surface area contributed by atoms with Gasteiger partial charge in [0.1, 0.15) is 17.3 Å². The molecule has 1 aromatic carbocycles. The van der Waals surface area contributed by atoms with Crippen LogP contribution in [0.15, 0.2) is 41.7 Å². The fraction of sp³-hybridized carbons (Fsp3) is 0.182. The third-order valence-electron chi connectivity index (χ3n) is 2.21. The van der Waals surface area contributed by atoms with E-state index in [1.54, 1.807) is 18.2 Å². The van der Waals surface area contributed by atoms with Crippen LogP contribution in [0.5, 0.6) is 5.75 Å². The van der Waals surface area contributed by atoms with Crippen LogP contribution < -0.4 is 5.32 Å². The van der Waals surface area contributed by atoms with Gasteiger partial charge in [0.2, 0.25) is 0 Å². The number of phenolic OH excluding ortho intramolecular Hbond substituents is 1. The van der Waals surface area contributed by atoms with Crippen molar-refractivity contribution in [1.29, 1.82) is 0 Å². The van der Waals surface area contributed by atoms with Crippen molar-refractivity contribution in [1.82, 2.24) is 10.2 Å². The Bertz CT molecular complexity index is 412. The summed E-state index contributed by atoms with van der Waals surface area (Å²) in [5, 5.41) is 12.6. The maximum atomic E-state index is 9.54. The third kappa shape index (κ3) is 2.10. The zero-order chi connectivity index (χ0) is 10.7. The topological polar surface area (TPSA) is 47.9 Å². The van der Waals surface area contributed by atoms with Gasteiger partial charge in [0.05, 0.1) is 6.67 Å². The van der Waals surface area contributed by atoms with Gasteiger partial charge in [0.15, 0.2) is 0 Å². The second-order valence-corrected chi connectivity index (χ2v) is 3.30. The van der Waals surface area contributed by atoms with Crippen LogP contribution >= 0.6 is 0 Å². The van der Waals surface area contributed by atoms with E-state index in [4.69, 9.17) is 0 Å². The molecule has 0 unspecified atom stereocenters. The van der Waals surface area contributed by atoms with Gasteiger partial charge in [-0.25, -0.2) is 4.99 Å². The van der Waals surface area contributed by atoms with E-state index in [0.717, 1.165) is 12.5 Å². The second kappa shape index (κ2) is 4.04.